The van der Waals surface area contributed by atoms with E-state index in [4.69, 9.17) is 0 Å². The molecule has 6 heteroatoms. The zero-order valence-electron chi connectivity index (χ0n) is 15.8. The summed E-state index contributed by atoms with van der Waals surface area (Å²) in [5.41, 5.74) is 2.07. The van der Waals surface area contributed by atoms with Crippen molar-refractivity contribution < 1.29 is 13.2 Å². The Morgan fingerprint density at radius 1 is 1.00 bits per heavy atom. The second kappa shape index (κ2) is 8.23. The number of hydrogen-bond acceptors (Lipinski definition) is 3. The standard InChI is InChI=1S/C22H26F3N3/c23-22(24,25)19-3-1-2-18(14-19)16-4-6-17(7-5-16)20-15-21(20)27-10-13-28-11-8-26-9-12-28/h1-7,14,20-21,26-27H,8-13,15H2. The van der Waals surface area contributed by atoms with Gasteiger partial charge < -0.3 is 10.6 Å². The minimum Gasteiger partial charge on any atom is -0.314 e. The highest BCUT2D eigenvalue weighted by Gasteiger charge is 2.37. The Balaban J connectivity index is 1.31. The topological polar surface area (TPSA) is 27.3 Å². The number of alkyl halides is 3. The van der Waals surface area contributed by atoms with Crippen molar-refractivity contribution in [2.45, 2.75) is 24.6 Å². The molecule has 0 spiro atoms. The van der Waals surface area contributed by atoms with Gasteiger partial charge in [-0.1, -0.05) is 36.4 Å². The van der Waals surface area contributed by atoms with Crippen LogP contribution >= 0.6 is 0 Å². The molecule has 0 aromatic heterocycles. The van der Waals surface area contributed by atoms with E-state index in [0.717, 1.165) is 57.3 Å². The van der Waals surface area contributed by atoms with Gasteiger partial charge in [0.1, 0.15) is 0 Å². The highest BCUT2D eigenvalue weighted by molar-refractivity contribution is 5.65. The summed E-state index contributed by atoms with van der Waals surface area (Å²) in [6, 6.07) is 14.0. The number of nitrogens with one attached hydrogen (secondary N) is 2. The van der Waals surface area contributed by atoms with E-state index < -0.39 is 11.7 Å². The van der Waals surface area contributed by atoms with Crippen LogP contribution in [0.1, 0.15) is 23.5 Å². The largest absolute Gasteiger partial charge is 0.416 e. The second-order valence-corrected chi connectivity index (χ2v) is 7.70. The molecule has 2 N–H and O–H groups in total. The number of hydrogen-bond donors (Lipinski definition) is 2. The van der Waals surface area contributed by atoms with Crippen LogP contribution in [-0.2, 0) is 6.18 Å². The Morgan fingerprint density at radius 2 is 1.75 bits per heavy atom. The Labute approximate surface area is 163 Å². The Morgan fingerprint density at radius 3 is 2.46 bits per heavy atom. The third-order valence-electron chi connectivity index (χ3n) is 5.70. The lowest BCUT2D eigenvalue weighted by Gasteiger charge is -2.27. The van der Waals surface area contributed by atoms with Gasteiger partial charge in [0, 0.05) is 51.2 Å². The van der Waals surface area contributed by atoms with Gasteiger partial charge in [-0.3, -0.25) is 4.90 Å². The summed E-state index contributed by atoms with van der Waals surface area (Å²) in [5, 5.41) is 7.00. The molecule has 2 atom stereocenters. The Bertz CT molecular complexity index is 782. The normalized spacial score (nSPS) is 23.0. The first-order valence-electron chi connectivity index (χ1n) is 9.95. The predicted molar refractivity (Wildman–Crippen MR) is 105 cm³/mol. The van der Waals surface area contributed by atoms with Gasteiger partial charge in [-0.2, -0.15) is 13.2 Å². The van der Waals surface area contributed by atoms with Gasteiger partial charge in [-0.05, 0) is 35.2 Å². The zero-order valence-corrected chi connectivity index (χ0v) is 15.8. The average Bonchev–Trinajstić information content (AvgIpc) is 3.48. The van der Waals surface area contributed by atoms with Crippen LogP contribution in [0.15, 0.2) is 48.5 Å². The monoisotopic (exact) mass is 389 g/mol. The number of piperazine rings is 1. The molecule has 2 fully saturated rings. The lowest BCUT2D eigenvalue weighted by molar-refractivity contribution is -0.137. The average molecular weight is 389 g/mol. The first-order chi connectivity index (χ1) is 13.5. The molecule has 1 saturated heterocycles. The number of halogens is 3. The minimum atomic E-state index is -4.31. The van der Waals surface area contributed by atoms with E-state index >= 15 is 0 Å². The molecule has 1 aliphatic heterocycles. The van der Waals surface area contributed by atoms with Crippen LogP contribution in [0.3, 0.4) is 0 Å². The molecule has 1 heterocycles. The molecule has 28 heavy (non-hydrogen) atoms. The first kappa shape index (κ1) is 19.4. The van der Waals surface area contributed by atoms with E-state index in [-0.39, 0.29) is 0 Å². The van der Waals surface area contributed by atoms with Gasteiger partial charge >= 0.3 is 6.18 Å². The highest BCUT2D eigenvalue weighted by Crippen LogP contribution is 2.41. The van der Waals surface area contributed by atoms with Crippen LogP contribution in [0.2, 0.25) is 0 Å². The summed E-state index contributed by atoms with van der Waals surface area (Å²) >= 11 is 0. The molecule has 2 aromatic rings. The van der Waals surface area contributed by atoms with Crippen LogP contribution in [0, 0.1) is 0 Å². The maximum atomic E-state index is 12.9. The molecule has 2 unspecified atom stereocenters. The smallest absolute Gasteiger partial charge is 0.314 e. The van der Waals surface area contributed by atoms with E-state index in [9.17, 15) is 13.2 Å². The number of rotatable bonds is 6. The van der Waals surface area contributed by atoms with Crippen molar-refractivity contribution in [3.63, 3.8) is 0 Å². The van der Waals surface area contributed by atoms with Crippen LogP contribution < -0.4 is 10.6 Å². The molecule has 1 aliphatic carbocycles. The second-order valence-electron chi connectivity index (χ2n) is 7.70. The zero-order chi connectivity index (χ0) is 19.6. The third kappa shape index (κ3) is 4.74. The van der Waals surface area contributed by atoms with Crippen LogP contribution in [0.5, 0.6) is 0 Å². The van der Waals surface area contributed by atoms with Gasteiger partial charge in [-0.15, -0.1) is 0 Å². The fourth-order valence-corrected chi connectivity index (χ4v) is 3.93. The summed E-state index contributed by atoms with van der Waals surface area (Å²) in [4.78, 5) is 2.48. The van der Waals surface area contributed by atoms with Crippen molar-refractivity contribution in [2.75, 3.05) is 39.3 Å². The summed E-state index contributed by atoms with van der Waals surface area (Å²) in [6.45, 7) is 6.47. The Hall–Kier alpha value is -1.89. The summed E-state index contributed by atoms with van der Waals surface area (Å²) in [5.74, 6) is 0.513. The fourth-order valence-electron chi connectivity index (χ4n) is 3.93. The number of benzene rings is 2. The van der Waals surface area contributed by atoms with E-state index in [1.54, 1.807) is 6.07 Å². The van der Waals surface area contributed by atoms with Crippen molar-refractivity contribution >= 4 is 0 Å². The maximum Gasteiger partial charge on any atom is 0.416 e. The summed E-state index contributed by atoms with van der Waals surface area (Å²) < 4.78 is 38.7. The highest BCUT2D eigenvalue weighted by atomic mass is 19.4. The maximum absolute atomic E-state index is 12.9. The lowest BCUT2D eigenvalue weighted by Crippen LogP contribution is -2.46. The van der Waals surface area contributed by atoms with Crippen molar-refractivity contribution in [1.29, 1.82) is 0 Å². The van der Waals surface area contributed by atoms with E-state index in [1.165, 1.54) is 17.7 Å². The molecule has 2 aliphatic rings. The van der Waals surface area contributed by atoms with Gasteiger partial charge in [-0.25, -0.2) is 0 Å². The van der Waals surface area contributed by atoms with Crippen LogP contribution in [0.4, 0.5) is 13.2 Å². The van der Waals surface area contributed by atoms with Gasteiger partial charge in [0.15, 0.2) is 0 Å². The first-order valence-corrected chi connectivity index (χ1v) is 9.95. The summed E-state index contributed by atoms with van der Waals surface area (Å²) in [6.07, 6.45) is -3.18. The molecule has 0 radical (unpaired) electrons. The molecular weight excluding hydrogens is 363 g/mol. The van der Waals surface area contributed by atoms with Crippen molar-refractivity contribution in [3.05, 3.63) is 59.7 Å². The SMILES string of the molecule is FC(F)(F)c1cccc(-c2ccc(C3CC3NCCN3CCNCC3)cc2)c1. The molecule has 4 rings (SSSR count). The molecule has 0 amide bonds. The van der Waals surface area contributed by atoms with Gasteiger partial charge in [0.25, 0.3) is 0 Å². The molecule has 0 bridgehead atoms. The predicted octanol–water partition coefficient (Wildman–Crippen LogP) is 3.72. The molecule has 3 nitrogen and oxygen atoms in total. The van der Waals surface area contributed by atoms with Gasteiger partial charge in [0.05, 0.1) is 5.56 Å². The molecule has 2 aromatic carbocycles. The van der Waals surface area contributed by atoms with E-state index in [0.29, 0.717) is 17.5 Å². The Kier molecular flexibility index (Phi) is 5.71. The van der Waals surface area contributed by atoms with Crippen LogP contribution in [0.25, 0.3) is 11.1 Å². The third-order valence-corrected chi connectivity index (χ3v) is 5.70. The quantitative estimate of drug-likeness (QED) is 0.789. The number of nitrogens with zero attached hydrogens (tertiary/aromatic N) is 1. The van der Waals surface area contributed by atoms with Crippen LogP contribution in [-0.4, -0.2) is 50.2 Å². The van der Waals surface area contributed by atoms with Crippen molar-refractivity contribution in [3.8, 4) is 11.1 Å². The van der Waals surface area contributed by atoms with Crippen molar-refractivity contribution in [2.24, 2.45) is 0 Å². The van der Waals surface area contributed by atoms with E-state index in [2.05, 4.69) is 27.7 Å². The van der Waals surface area contributed by atoms with Crippen molar-refractivity contribution in [1.82, 2.24) is 15.5 Å². The minimum absolute atomic E-state index is 0.513. The lowest BCUT2D eigenvalue weighted by atomic mass is 10.0. The molecular formula is C22H26F3N3. The summed E-state index contributed by atoms with van der Waals surface area (Å²) in [7, 11) is 0. The van der Waals surface area contributed by atoms with E-state index in [1.807, 2.05) is 12.1 Å². The molecule has 150 valence electrons. The van der Waals surface area contributed by atoms with Gasteiger partial charge in [0.2, 0.25) is 0 Å². The molecule has 1 saturated carbocycles. The fraction of sp³-hybridized carbons (Fsp3) is 0.455.